The molecule has 0 amide bonds. The van der Waals surface area contributed by atoms with E-state index in [0.717, 1.165) is 5.76 Å². The first-order valence-corrected chi connectivity index (χ1v) is 5.29. The molecule has 2 heterocycles. The van der Waals surface area contributed by atoms with Gasteiger partial charge in [-0.2, -0.15) is 15.0 Å². The second-order valence-corrected chi connectivity index (χ2v) is 3.50. The maximum absolute atomic E-state index is 5.28. The van der Waals surface area contributed by atoms with Crippen molar-refractivity contribution >= 4 is 11.9 Å². The largest absolute Gasteiger partial charge is 0.467 e. The molecular weight excluding hydrogens is 236 g/mol. The molecule has 0 aromatic carbocycles. The number of nitrogens with zero attached hydrogens (tertiary/aromatic N) is 3. The maximum Gasteiger partial charge on any atom is 0.322 e. The predicted molar refractivity (Wildman–Crippen MR) is 64.9 cm³/mol. The molecule has 1 atom stereocenters. The van der Waals surface area contributed by atoms with Crippen LogP contribution in [-0.4, -0.2) is 22.1 Å². The van der Waals surface area contributed by atoms with E-state index in [9.17, 15) is 0 Å². The lowest BCUT2D eigenvalue weighted by Crippen LogP contribution is -2.15. The quantitative estimate of drug-likeness (QED) is 0.531. The average molecular weight is 250 g/mol. The van der Waals surface area contributed by atoms with Crippen molar-refractivity contribution in [3.63, 3.8) is 0 Å². The van der Waals surface area contributed by atoms with E-state index in [2.05, 4.69) is 25.7 Å². The van der Waals surface area contributed by atoms with Crippen molar-refractivity contribution in [3.8, 4) is 6.01 Å². The smallest absolute Gasteiger partial charge is 0.322 e. The van der Waals surface area contributed by atoms with Gasteiger partial charge in [0.15, 0.2) is 0 Å². The zero-order valence-electron chi connectivity index (χ0n) is 10.0. The summed E-state index contributed by atoms with van der Waals surface area (Å²) in [5, 5.41) is 3.06. The van der Waals surface area contributed by atoms with E-state index in [1.165, 1.54) is 7.11 Å². The van der Waals surface area contributed by atoms with Crippen molar-refractivity contribution in [1.29, 1.82) is 0 Å². The van der Waals surface area contributed by atoms with Gasteiger partial charge in [0.25, 0.3) is 0 Å². The lowest BCUT2D eigenvalue weighted by atomic mass is 10.2. The van der Waals surface area contributed by atoms with Crippen LogP contribution in [-0.2, 0) is 0 Å². The van der Waals surface area contributed by atoms with Crippen molar-refractivity contribution in [2.24, 2.45) is 5.84 Å². The number of hydrogen-bond acceptors (Lipinski definition) is 8. The molecule has 0 saturated heterocycles. The molecular formula is C10H14N6O2. The van der Waals surface area contributed by atoms with Gasteiger partial charge in [0, 0.05) is 0 Å². The Morgan fingerprint density at radius 3 is 2.72 bits per heavy atom. The summed E-state index contributed by atoms with van der Waals surface area (Å²) in [5.41, 5.74) is 2.34. The first kappa shape index (κ1) is 12.1. The summed E-state index contributed by atoms with van der Waals surface area (Å²) >= 11 is 0. The van der Waals surface area contributed by atoms with Crippen LogP contribution >= 0.6 is 0 Å². The third-order valence-corrected chi connectivity index (χ3v) is 2.24. The van der Waals surface area contributed by atoms with E-state index in [-0.39, 0.29) is 18.0 Å². The molecule has 2 aromatic rings. The molecule has 8 nitrogen and oxygen atoms in total. The van der Waals surface area contributed by atoms with E-state index >= 15 is 0 Å². The normalized spacial score (nSPS) is 11.9. The van der Waals surface area contributed by atoms with Gasteiger partial charge in [-0.1, -0.05) is 0 Å². The zero-order valence-corrected chi connectivity index (χ0v) is 10.0. The summed E-state index contributed by atoms with van der Waals surface area (Å²) in [7, 11) is 1.47. The van der Waals surface area contributed by atoms with Crippen molar-refractivity contribution in [2.45, 2.75) is 13.0 Å². The number of anilines is 2. The Hall–Kier alpha value is -2.35. The summed E-state index contributed by atoms with van der Waals surface area (Å²) < 4.78 is 10.2. The highest BCUT2D eigenvalue weighted by atomic mass is 16.5. The Kier molecular flexibility index (Phi) is 3.58. The van der Waals surface area contributed by atoms with Gasteiger partial charge in [-0.25, -0.2) is 5.84 Å². The SMILES string of the molecule is COc1nc(NN)nc(NC(C)c2ccco2)n1. The molecule has 0 spiro atoms. The van der Waals surface area contributed by atoms with Gasteiger partial charge in [-0.3, -0.25) is 5.43 Å². The third kappa shape index (κ3) is 2.66. The number of aromatic nitrogens is 3. The number of hydrogen-bond donors (Lipinski definition) is 3. The molecule has 18 heavy (non-hydrogen) atoms. The van der Waals surface area contributed by atoms with Crippen LogP contribution in [0.1, 0.15) is 18.7 Å². The van der Waals surface area contributed by atoms with Crippen molar-refractivity contribution in [1.82, 2.24) is 15.0 Å². The fourth-order valence-corrected chi connectivity index (χ4v) is 1.38. The van der Waals surface area contributed by atoms with Crippen LogP contribution in [0.5, 0.6) is 6.01 Å². The zero-order chi connectivity index (χ0) is 13.0. The van der Waals surface area contributed by atoms with Crippen molar-refractivity contribution < 1.29 is 9.15 Å². The summed E-state index contributed by atoms with van der Waals surface area (Å²) in [6.45, 7) is 1.92. The lowest BCUT2D eigenvalue weighted by Gasteiger charge is -2.12. The summed E-state index contributed by atoms with van der Waals surface area (Å²) in [6.07, 6.45) is 1.61. The lowest BCUT2D eigenvalue weighted by molar-refractivity contribution is 0.379. The number of nitrogen functional groups attached to an aromatic ring is 1. The van der Waals surface area contributed by atoms with E-state index in [4.69, 9.17) is 15.0 Å². The second-order valence-electron chi connectivity index (χ2n) is 3.50. The van der Waals surface area contributed by atoms with Crippen LogP contribution in [0, 0.1) is 0 Å². The number of furan rings is 1. The van der Waals surface area contributed by atoms with Crippen LogP contribution in [0.2, 0.25) is 0 Å². The average Bonchev–Trinajstić information content (AvgIpc) is 2.92. The minimum absolute atomic E-state index is 0.0854. The van der Waals surface area contributed by atoms with E-state index < -0.39 is 0 Å². The van der Waals surface area contributed by atoms with Crippen LogP contribution in [0.3, 0.4) is 0 Å². The van der Waals surface area contributed by atoms with E-state index in [1.807, 2.05) is 19.1 Å². The Labute approximate surface area is 104 Å². The molecule has 0 aliphatic carbocycles. The fraction of sp³-hybridized carbons (Fsp3) is 0.300. The predicted octanol–water partition coefficient (Wildman–Crippen LogP) is 0.932. The second kappa shape index (κ2) is 5.32. The van der Waals surface area contributed by atoms with Crippen LogP contribution < -0.4 is 21.3 Å². The van der Waals surface area contributed by atoms with Crippen molar-refractivity contribution in [2.75, 3.05) is 17.9 Å². The molecule has 8 heteroatoms. The monoisotopic (exact) mass is 250 g/mol. The van der Waals surface area contributed by atoms with Crippen molar-refractivity contribution in [3.05, 3.63) is 24.2 Å². The molecule has 0 fully saturated rings. The van der Waals surface area contributed by atoms with E-state index in [1.54, 1.807) is 6.26 Å². The first-order chi connectivity index (χ1) is 8.72. The Morgan fingerprint density at radius 2 is 2.11 bits per heavy atom. The third-order valence-electron chi connectivity index (χ3n) is 2.24. The molecule has 0 bridgehead atoms. The standard InChI is InChI=1S/C10H14N6O2/c1-6(7-4-3-5-18-7)12-8-13-9(16-11)15-10(14-8)17-2/h3-6H,11H2,1-2H3,(H2,12,13,14,15,16). The molecule has 96 valence electrons. The van der Waals surface area contributed by atoms with Gasteiger partial charge >= 0.3 is 6.01 Å². The maximum atomic E-state index is 5.28. The van der Waals surface area contributed by atoms with Crippen LogP contribution in [0.15, 0.2) is 22.8 Å². The molecule has 2 rings (SSSR count). The number of rotatable bonds is 5. The minimum Gasteiger partial charge on any atom is -0.467 e. The van der Waals surface area contributed by atoms with Crippen LogP contribution in [0.25, 0.3) is 0 Å². The number of methoxy groups -OCH3 is 1. The Bertz CT molecular complexity index is 479. The molecule has 2 aromatic heterocycles. The van der Waals surface area contributed by atoms with Gasteiger partial charge in [-0.05, 0) is 19.1 Å². The molecule has 1 unspecified atom stereocenters. The van der Waals surface area contributed by atoms with Crippen LogP contribution in [0.4, 0.5) is 11.9 Å². The Morgan fingerprint density at radius 1 is 1.33 bits per heavy atom. The molecule has 0 aliphatic heterocycles. The van der Waals surface area contributed by atoms with Gasteiger partial charge in [0.05, 0.1) is 19.4 Å². The highest BCUT2D eigenvalue weighted by Crippen LogP contribution is 2.18. The summed E-state index contributed by atoms with van der Waals surface area (Å²) in [5.74, 6) is 6.60. The highest BCUT2D eigenvalue weighted by Gasteiger charge is 2.12. The van der Waals surface area contributed by atoms with E-state index in [0.29, 0.717) is 5.95 Å². The van der Waals surface area contributed by atoms with Gasteiger partial charge in [0.2, 0.25) is 11.9 Å². The summed E-state index contributed by atoms with van der Waals surface area (Å²) in [4.78, 5) is 12.0. The highest BCUT2D eigenvalue weighted by molar-refractivity contribution is 5.36. The number of nitrogens with one attached hydrogen (secondary N) is 2. The number of nitrogens with two attached hydrogens (primary N) is 1. The van der Waals surface area contributed by atoms with Gasteiger partial charge < -0.3 is 14.5 Å². The van der Waals surface area contributed by atoms with Gasteiger partial charge in [-0.15, -0.1) is 0 Å². The number of hydrazine groups is 1. The number of ether oxygens (including phenoxy) is 1. The summed E-state index contributed by atoms with van der Waals surface area (Å²) in [6, 6.07) is 3.76. The molecule has 0 radical (unpaired) electrons. The fourth-order valence-electron chi connectivity index (χ4n) is 1.38. The van der Waals surface area contributed by atoms with Gasteiger partial charge in [0.1, 0.15) is 5.76 Å². The molecule has 0 aliphatic rings. The molecule has 4 N–H and O–H groups in total. The minimum atomic E-state index is -0.0854. The topological polar surface area (TPSA) is 111 Å². The Balaban J connectivity index is 2.17. The molecule has 0 saturated carbocycles. The first-order valence-electron chi connectivity index (χ1n) is 5.29.